The van der Waals surface area contributed by atoms with Gasteiger partial charge >= 0.3 is 6.09 Å². The number of anilines is 1. The van der Waals surface area contributed by atoms with Gasteiger partial charge in [-0.05, 0) is 37.5 Å². The third-order valence-electron chi connectivity index (χ3n) is 4.91. The number of hydrogen-bond acceptors (Lipinski definition) is 5. The van der Waals surface area contributed by atoms with Crippen molar-refractivity contribution in [2.45, 2.75) is 19.8 Å². The molecule has 2 aromatic rings. The summed E-state index contributed by atoms with van der Waals surface area (Å²) in [4.78, 5) is 32.5. The number of amides is 2. The molecule has 1 fully saturated rings. The highest BCUT2D eigenvalue weighted by atomic mass is 16.6. The molecule has 0 unspecified atom stereocenters. The predicted molar refractivity (Wildman–Crippen MR) is 112 cm³/mol. The minimum Gasteiger partial charge on any atom is -0.450 e. The zero-order chi connectivity index (χ0) is 20.5. The van der Waals surface area contributed by atoms with Crippen LogP contribution in [0.4, 0.5) is 10.6 Å². The molecule has 0 atom stereocenters. The molecule has 0 radical (unpaired) electrons. The van der Waals surface area contributed by atoms with Gasteiger partial charge in [0.2, 0.25) is 0 Å². The van der Waals surface area contributed by atoms with Gasteiger partial charge in [0.1, 0.15) is 5.82 Å². The van der Waals surface area contributed by atoms with Gasteiger partial charge in [-0.25, -0.2) is 9.78 Å². The van der Waals surface area contributed by atoms with Crippen molar-refractivity contribution in [2.24, 2.45) is 0 Å². The second kappa shape index (κ2) is 10.5. The number of rotatable bonds is 7. The molecule has 154 valence electrons. The molecule has 0 bridgehead atoms. The summed E-state index contributed by atoms with van der Waals surface area (Å²) < 4.78 is 5.05. The van der Waals surface area contributed by atoms with Crippen LogP contribution in [0.5, 0.6) is 0 Å². The Morgan fingerprint density at radius 2 is 1.86 bits per heavy atom. The summed E-state index contributed by atoms with van der Waals surface area (Å²) in [7, 11) is 0. The molecule has 2 heterocycles. The van der Waals surface area contributed by atoms with E-state index in [0.29, 0.717) is 44.9 Å². The van der Waals surface area contributed by atoms with Gasteiger partial charge in [0.25, 0.3) is 5.91 Å². The van der Waals surface area contributed by atoms with Crippen LogP contribution in [-0.4, -0.2) is 61.2 Å². The Hall–Kier alpha value is -3.09. The summed E-state index contributed by atoms with van der Waals surface area (Å²) in [5.41, 5.74) is 1.87. The van der Waals surface area contributed by atoms with Crippen LogP contribution >= 0.6 is 0 Å². The first-order valence-corrected chi connectivity index (χ1v) is 10.1. The van der Waals surface area contributed by atoms with Gasteiger partial charge in [-0.2, -0.15) is 0 Å². The van der Waals surface area contributed by atoms with Crippen LogP contribution < -0.4 is 10.2 Å². The maximum absolute atomic E-state index is 12.5. The number of nitrogens with one attached hydrogen (secondary N) is 1. The smallest absolute Gasteiger partial charge is 0.409 e. The van der Waals surface area contributed by atoms with Crippen molar-refractivity contribution in [1.82, 2.24) is 15.2 Å². The van der Waals surface area contributed by atoms with Crippen molar-refractivity contribution in [1.29, 1.82) is 0 Å². The molecule has 2 amide bonds. The SMILES string of the molecule is CCOC(=O)N1CCN(c2cc(C(=O)NCCCc3ccccc3)ccn2)CC1. The first-order valence-electron chi connectivity index (χ1n) is 10.1. The summed E-state index contributed by atoms with van der Waals surface area (Å²) in [6, 6.07) is 13.8. The van der Waals surface area contributed by atoms with Crippen molar-refractivity contribution >= 4 is 17.8 Å². The Kier molecular flexibility index (Phi) is 7.44. The molecule has 7 nitrogen and oxygen atoms in total. The minimum absolute atomic E-state index is 0.0909. The van der Waals surface area contributed by atoms with Gasteiger partial charge in [0.15, 0.2) is 0 Å². The summed E-state index contributed by atoms with van der Waals surface area (Å²) >= 11 is 0. The number of carbonyl (C=O) groups excluding carboxylic acids is 2. The van der Waals surface area contributed by atoms with E-state index in [4.69, 9.17) is 4.74 Å². The first kappa shape index (κ1) is 20.6. The Balaban J connectivity index is 1.47. The molecule has 1 aliphatic rings. The van der Waals surface area contributed by atoms with Crippen LogP contribution in [0.3, 0.4) is 0 Å². The number of piperazine rings is 1. The van der Waals surface area contributed by atoms with Gasteiger partial charge in [-0.1, -0.05) is 30.3 Å². The number of hydrogen-bond donors (Lipinski definition) is 1. The normalized spacial score (nSPS) is 13.8. The van der Waals surface area contributed by atoms with Crippen molar-refractivity contribution < 1.29 is 14.3 Å². The molecular formula is C22H28N4O3. The number of nitrogens with zero attached hydrogens (tertiary/aromatic N) is 3. The van der Waals surface area contributed by atoms with E-state index >= 15 is 0 Å². The Morgan fingerprint density at radius 3 is 2.59 bits per heavy atom. The molecule has 0 spiro atoms. The molecular weight excluding hydrogens is 368 g/mol. The van der Waals surface area contributed by atoms with Crippen molar-refractivity contribution in [3.8, 4) is 0 Å². The summed E-state index contributed by atoms with van der Waals surface area (Å²) in [6.45, 7) is 5.29. The van der Waals surface area contributed by atoms with Crippen LogP contribution in [0, 0.1) is 0 Å². The van der Waals surface area contributed by atoms with E-state index in [9.17, 15) is 9.59 Å². The van der Waals surface area contributed by atoms with Gasteiger partial charge in [-0.15, -0.1) is 0 Å². The molecule has 1 saturated heterocycles. The lowest BCUT2D eigenvalue weighted by Gasteiger charge is -2.34. The van der Waals surface area contributed by atoms with E-state index in [0.717, 1.165) is 18.7 Å². The molecule has 1 aromatic heterocycles. The highest BCUT2D eigenvalue weighted by molar-refractivity contribution is 5.94. The molecule has 1 aromatic carbocycles. The highest BCUT2D eigenvalue weighted by Gasteiger charge is 2.23. The van der Waals surface area contributed by atoms with Crippen LogP contribution in [-0.2, 0) is 11.2 Å². The maximum atomic E-state index is 12.5. The first-order chi connectivity index (χ1) is 14.2. The second-order valence-corrected chi connectivity index (χ2v) is 6.92. The lowest BCUT2D eigenvalue weighted by Crippen LogP contribution is -2.49. The monoisotopic (exact) mass is 396 g/mol. The molecule has 29 heavy (non-hydrogen) atoms. The van der Waals surface area contributed by atoms with Crippen LogP contribution in [0.25, 0.3) is 0 Å². The fourth-order valence-electron chi connectivity index (χ4n) is 3.31. The zero-order valence-electron chi connectivity index (χ0n) is 16.8. The fourth-order valence-corrected chi connectivity index (χ4v) is 3.31. The van der Waals surface area contributed by atoms with Crippen molar-refractivity contribution in [3.05, 3.63) is 59.8 Å². The summed E-state index contributed by atoms with van der Waals surface area (Å²) in [6.07, 6.45) is 3.21. The molecule has 7 heteroatoms. The third kappa shape index (κ3) is 5.94. The average Bonchev–Trinajstić information content (AvgIpc) is 2.77. The minimum atomic E-state index is -0.274. The van der Waals surface area contributed by atoms with E-state index in [1.807, 2.05) is 24.3 Å². The fraction of sp³-hybridized carbons (Fsp3) is 0.409. The summed E-state index contributed by atoms with van der Waals surface area (Å²) in [5.74, 6) is 0.664. The molecule has 1 N–H and O–H groups in total. The van der Waals surface area contributed by atoms with E-state index in [1.54, 1.807) is 24.1 Å². The average molecular weight is 396 g/mol. The Morgan fingerprint density at radius 1 is 1.10 bits per heavy atom. The van der Waals surface area contributed by atoms with E-state index < -0.39 is 0 Å². The second-order valence-electron chi connectivity index (χ2n) is 6.92. The Labute approximate surface area is 171 Å². The van der Waals surface area contributed by atoms with Gasteiger partial charge in [0, 0.05) is 44.5 Å². The largest absolute Gasteiger partial charge is 0.450 e. The Bertz CT molecular complexity index is 805. The molecule has 0 aliphatic carbocycles. The van der Waals surface area contributed by atoms with Gasteiger partial charge < -0.3 is 19.9 Å². The number of benzene rings is 1. The number of pyridine rings is 1. The predicted octanol–water partition coefficient (Wildman–Crippen LogP) is 2.72. The van der Waals surface area contributed by atoms with Gasteiger partial charge in [0.05, 0.1) is 6.61 Å². The standard InChI is InChI=1S/C22H28N4O3/c1-2-29-22(28)26-15-13-25(14-16-26)20-17-19(10-12-23-20)21(27)24-11-6-9-18-7-4-3-5-8-18/h3-5,7-8,10,12,17H,2,6,9,11,13-16H2,1H3,(H,24,27). The highest BCUT2D eigenvalue weighted by Crippen LogP contribution is 2.16. The lowest BCUT2D eigenvalue weighted by atomic mass is 10.1. The number of aromatic nitrogens is 1. The van der Waals surface area contributed by atoms with Crippen molar-refractivity contribution in [3.63, 3.8) is 0 Å². The summed E-state index contributed by atoms with van der Waals surface area (Å²) in [5, 5.41) is 2.98. The number of carbonyl (C=O) groups is 2. The van der Waals surface area contributed by atoms with E-state index in [2.05, 4.69) is 27.3 Å². The van der Waals surface area contributed by atoms with Gasteiger partial charge in [-0.3, -0.25) is 4.79 Å². The number of aryl methyl sites for hydroxylation is 1. The lowest BCUT2D eigenvalue weighted by molar-refractivity contribution is 0.0953. The number of ether oxygens (including phenoxy) is 1. The topological polar surface area (TPSA) is 74.8 Å². The quantitative estimate of drug-likeness (QED) is 0.729. The maximum Gasteiger partial charge on any atom is 0.409 e. The van der Waals surface area contributed by atoms with Crippen molar-refractivity contribution in [2.75, 3.05) is 44.2 Å². The molecule has 0 saturated carbocycles. The third-order valence-corrected chi connectivity index (χ3v) is 4.91. The zero-order valence-corrected chi connectivity index (χ0v) is 16.8. The van der Waals surface area contributed by atoms with E-state index in [1.165, 1.54) is 5.56 Å². The van der Waals surface area contributed by atoms with Crippen LogP contribution in [0.15, 0.2) is 48.7 Å². The van der Waals surface area contributed by atoms with Crippen LogP contribution in [0.2, 0.25) is 0 Å². The molecule has 3 rings (SSSR count). The van der Waals surface area contributed by atoms with Crippen LogP contribution in [0.1, 0.15) is 29.3 Å². The molecule has 1 aliphatic heterocycles. The van der Waals surface area contributed by atoms with E-state index in [-0.39, 0.29) is 12.0 Å².